The summed E-state index contributed by atoms with van der Waals surface area (Å²) < 4.78 is 12.0. The number of hydrogen-bond acceptors (Lipinski definition) is 9. The molecule has 1 aromatic heterocycles. The predicted molar refractivity (Wildman–Crippen MR) is 194 cm³/mol. The zero-order valence-electron chi connectivity index (χ0n) is 28.7. The maximum Gasteiger partial charge on any atom is 0.319 e. The van der Waals surface area contributed by atoms with Crippen LogP contribution in [0.5, 0.6) is 11.8 Å². The van der Waals surface area contributed by atoms with Gasteiger partial charge in [0.15, 0.2) is 0 Å². The van der Waals surface area contributed by atoms with Crippen molar-refractivity contribution >= 4 is 33.5 Å². The average Bonchev–Trinajstić information content (AvgIpc) is 3.80. The second-order valence-corrected chi connectivity index (χ2v) is 14.9. The molecule has 6 heterocycles. The van der Waals surface area contributed by atoms with Crippen LogP contribution in [0, 0.1) is 0 Å². The van der Waals surface area contributed by atoms with Gasteiger partial charge in [-0.05, 0) is 97.8 Å². The third-order valence-electron chi connectivity index (χ3n) is 11.9. The van der Waals surface area contributed by atoms with Crippen molar-refractivity contribution in [3.05, 3.63) is 54.6 Å². The first-order valence-electron chi connectivity index (χ1n) is 18.6. The Morgan fingerprint density at radius 1 is 0.940 bits per heavy atom. The van der Waals surface area contributed by atoms with Gasteiger partial charge in [-0.15, -0.1) is 0 Å². The van der Waals surface area contributed by atoms with Crippen LogP contribution in [0.25, 0.3) is 32.8 Å². The minimum Gasteiger partial charge on any atom is -0.508 e. The van der Waals surface area contributed by atoms with Crippen molar-refractivity contribution in [3.8, 4) is 22.9 Å². The summed E-state index contributed by atoms with van der Waals surface area (Å²) in [6.45, 7) is 9.17. The number of ether oxygens (including phenoxy) is 2. The zero-order valence-corrected chi connectivity index (χ0v) is 28.7. The number of amides is 2. The summed E-state index contributed by atoms with van der Waals surface area (Å²) in [5, 5.41) is 16.9. The standard InChI is InChI=1S/C39H47N7O4/c47-31-21-27-5-1-2-6-32(27)34(23-31)28-7-10-33-35(22-28)41-37(50-26-39-11-3-14-45(39)15-4-12-39)42-36(33)44-24-29-8-9-30(25-44)46(29)38(48)40-13-16-43-17-19-49-20-18-43/h1-2,5-7,10,21-23,29-30,47H,3-4,8-9,11-20,24-26H2,(H,40,48)/t29-,30+. The number of anilines is 1. The smallest absolute Gasteiger partial charge is 0.319 e. The topological polar surface area (TPSA) is 107 Å². The lowest BCUT2D eigenvalue weighted by Gasteiger charge is -2.42. The fourth-order valence-corrected chi connectivity index (χ4v) is 9.40. The highest BCUT2D eigenvalue weighted by molar-refractivity contribution is 6.01. The number of nitrogens with zero attached hydrogens (tertiary/aromatic N) is 6. The van der Waals surface area contributed by atoms with Gasteiger partial charge in [0, 0.05) is 44.7 Å². The van der Waals surface area contributed by atoms with Crippen LogP contribution in [0.4, 0.5) is 10.6 Å². The molecule has 0 radical (unpaired) electrons. The summed E-state index contributed by atoms with van der Waals surface area (Å²) in [6.07, 6.45) is 6.70. The molecule has 9 rings (SSSR count). The molecule has 3 aromatic carbocycles. The number of aromatic nitrogens is 2. The molecular weight excluding hydrogens is 630 g/mol. The van der Waals surface area contributed by atoms with Crippen molar-refractivity contribution in [2.75, 3.05) is 77.1 Å². The van der Waals surface area contributed by atoms with Crippen molar-refractivity contribution < 1.29 is 19.4 Å². The molecule has 2 amide bonds. The molecule has 262 valence electrons. The number of benzene rings is 3. The molecule has 2 N–H and O–H groups in total. The molecule has 5 aliphatic rings. The van der Waals surface area contributed by atoms with Crippen molar-refractivity contribution in [1.82, 2.24) is 30.0 Å². The van der Waals surface area contributed by atoms with Gasteiger partial charge >= 0.3 is 12.0 Å². The molecular formula is C39H47N7O4. The maximum atomic E-state index is 13.5. The lowest BCUT2D eigenvalue weighted by Crippen LogP contribution is -2.59. The minimum absolute atomic E-state index is 0.0434. The van der Waals surface area contributed by atoms with E-state index in [0.29, 0.717) is 19.2 Å². The molecule has 4 aromatic rings. The first-order valence-corrected chi connectivity index (χ1v) is 18.6. The van der Waals surface area contributed by atoms with Crippen LogP contribution < -0.4 is 15.0 Å². The maximum absolute atomic E-state index is 13.5. The van der Waals surface area contributed by atoms with Gasteiger partial charge in [0.2, 0.25) is 0 Å². The largest absolute Gasteiger partial charge is 0.508 e. The van der Waals surface area contributed by atoms with E-state index >= 15 is 0 Å². The normalized spacial score (nSPS) is 23.5. The summed E-state index contributed by atoms with van der Waals surface area (Å²) in [5.74, 6) is 1.11. The summed E-state index contributed by atoms with van der Waals surface area (Å²) in [5.41, 5.74) is 2.84. The Hall–Kier alpha value is -4.19. The number of nitrogens with one attached hydrogen (secondary N) is 1. The van der Waals surface area contributed by atoms with Crippen LogP contribution >= 0.6 is 0 Å². The Balaban J connectivity index is 1.01. The minimum atomic E-state index is 0.0434. The van der Waals surface area contributed by atoms with Gasteiger partial charge in [0.1, 0.15) is 18.2 Å². The van der Waals surface area contributed by atoms with E-state index in [4.69, 9.17) is 19.4 Å². The molecule has 0 spiro atoms. The zero-order chi connectivity index (χ0) is 33.7. The Labute approximate surface area is 293 Å². The van der Waals surface area contributed by atoms with Gasteiger partial charge < -0.3 is 29.7 Å². The number of hydrogen-bond donors (Lipinski definition) is 2. The van der Waals surface area contributed by atoms with Gasteiger partial charge in [0.25, 0.3) is 0 Å². The van der Waals surface area contributed by atoms with Crippen molar-refractivity contribution in [1.29, 1.82) is 0 Å². The van der Waals surface area contributed by atoms with Crippen molar-refractivity contribution in [2.45, 2.75) is 56.1 Å². The van der Waals surface area contributed by atoms with E-state index in [9.17, 15) is 9.90 Å². The Bertz CT molecular complexity index is 1870. The molecule has 0 saturated carbocycles. The van der Waals surface area contributed by atoms with Gasteiger partial charge in [-0.3, -0.25) is 9.80 Å². The SMILES string of the molecule is O=C(NCCN1CCOCC1)N1[C@@H]2CC[C@H]1CN(c1nc(OCC34CCCN3CCC4)nc3cc(-c4cc(O)cc5ccccc45)ccc13)C2. The number of carbonyl (C=O) groups is 1. The number of aromatic hydroxyl groups is 1. The number of carbonyl (C=O) groups excluding carboxylic acids is 1. The Morgan fingerprint density at radius 2 is 1.72 bits per heavy atom. The van der Waals surface area contributed by atoms with Crippen molar-refractivity contribution in [2.24, 2.45) is 0 Å². The highest BCUT2D eigenvalue weighted by atomic mass is 16.5. The second kappa shape index (κ2) is 13.2. The molecule has 11 nitrogen and oxygen atoms in total. The number of morpholine rings is 1. The molecule has 5 fully saturated rings. The van der Waals surface area contributed by atoms with Gasteiger partial charge in [-0.2, -0.15) is 9.97 Å². The summed E-state index contributed by atoms with van der Waals surface area (Å²) >= 11 is 0. The summed E-state index contributed by atoms with van der Waals surface area (Å²) in [6, 6.07) is 18.8. The molecule has 0 unspecified atom stereocenters. The number of urea groups is 1. The van der Waals surface area contributed by atoms with Crippen LogP contribution in [0.3, 0.4) is 0 Å². The van der Waals surface area contributed by atoms with E-state index in [1.165, 1.54) is 12.8 Å². The number of phenols is 1. The Kier molecular flexibility index (Phi) is 8.37. The average molecular weight is 678 g/mol. The summed E-state index contributed by atoms with van der Waals surface area (Å²) in [7, 11) is 0. The molecule has 11 heteroatoms. The first kappa shape index (κ1) is 31.8. The number of fused-ring (bicyclic) bond motifs is 5. The van der Waals surface area contributed by atoms with E-state index in [1.54, 1.807) is 6.07 Å². The van der Waals surface area contributed by atoms with E-state index in [-0.39, 0.29) is 29.4 Å². The monoisotopic (exact) mass is 677 g/mol. The lowest BCUT2D eigenvalue weighted by atomic mass is 9.95. The van der Waals surface area contributed by atoms with Crippen molar-refractivity contribution in [3.63, 3.8) is 0 Å². The number of rotatable bonds is 8. The molecule has 2 bridgehead atoms. The van der Waals surface area contributed by atoms with E-state index < -0.39 is 0 Å². The van der Waals surface area contributed by atoms with Crippen LogP contribution in [0.2, 0.25) is 0 Å². The second-order valence-electron chi connectivity index (χ2n) is 14.9. The third kappa shape index (κ3) is 5.88. The first-order chi connectivity index (χ1) is 24.5. The molecule has 5 saturated heterocycles. The van der Waals surface area contributed by atoms with E-state index in [1.807, 2.05) is 24.3 Å². The third-order valence-corrected chi connectivity index (χ3v) is 11.9. The van der Waals surface area contributed by atoms with E-state index in [0.717, 1.165) is 123 Å². The number of piperazine rings is 1. The van der Waals surface area contributed by atoms with Crippen LogP contribution in [-0.4, -0.2) is 126 Å². The van der Waals surface area contributed by atoms with Gasteiger partial charge in [-0.1, -0.05) is 30.3 Å². The van der Waals surface area contributed by atoms with Crippen LogP contribution in [0.15, 0.2) is 54.6 Å². The lowest BCUT2D eigenvalue weighted by molar-refractivity contribution is 0.0385. The highest BCUT2D eigenvalue weighted by Gasteiger charge is 2.46. The molecule has 5 aliphatic heterocycles. The highest BCUT2D eigenvalue weighted by Crippen LogP contribution is 2.41. The van der Waals surface area contributed by atoms with E-state index in [2.05, 4.69) is 49.2 Å². The fourth-order valence-electron chi connectivity index (χ4n) is 9.40. The number of phenolic OH excluding ortho intramolecular Hbond substituents is 1. The van der Waals surface area contributed by atoms with Crippen LogP contribution in [0.1, 0.15) is 38.5 Å². The molecule has 50 heavy (non-hydrogen) atoms. The summed E-state index contributed by atoms with van der Waals surface area (Å²) in [4.78, 5) is 33.0. The predicted octanol–water partition coefficient (Wildman–Crippen LogP) is 4.86. The van der Waals surface area contributed by atoms with Crippen LogP contribution in [-0.2, 0) is 4.74 Å². The molecule has 0 aliphatic carbocycles. The Morgan fingerprint density at radius 3 is 2.52 bits per heavy atom. The fraction of sp³-hybridized carbons (Fsp3) is 0.513. The van der Waals surface area contributed by atoms with Gasteiger partial charge in [-0.25, -0.2) is 4.79 Å². The van der Waals surface area contributed by atoms with Gasteiger partial charge in [0.05, 0.1) is 36.4 Å². The molecule has 2 atom stereocenters. The quantitative estimate of drug-likeness (QED) is 0.271.